The molecule has 0 aliphatic rings. The van der Waals surface area contributed by atoms with E-state index in [2.05, 4.69) is 20.9 Å². The predicted molar refractivity (Wildman–Crippen MR) is 116 cm³/mol. The number of amides is 4. The Morgan fingerprint density at radius 1 is 0.733 bits per heavy atom. The van der Waals surface area contributed by atoms with Crippen LogP contribution in [0.15, 0.2) is 21.2 Å². The van der Waals surface area contributed by atoms with E-state index < -0.39 is 0 Å². The Bertz CT molecular complexity index is 770. The number of nitrogens with one attached hydrogen (secondary N) is 2. The van der Waals surface area contributed by atoms with Crippen LogP contribution in [0, 0.1) is 0 Å². The lowest BCUT2D eigenvalue weighted by molar-refractivity contribution is 0.229. The smallest absolute Gasteiger partial charge is 0.322 e. The van der Waals surface area contributed by atoms with E-state index in [1.807, 2.05) is 41.5 Å². The monoisotopic (exact) mass is 422 g/mol. The molecule has 168 valence electrons. The van der Waals surface area contributed by atoms with Gasteiger partial charge in [-0.05, 0) is 0 Å². The van der Waals surface area contributed by atoms with Crippen molar-refractivity contribution in [2.75, 3.05) is 38.8 Å². The lowest BCUT2D eigenvalue weighted by Crippen LogP contribution is -2.27. The summed E-state index contributed by atoms with van der Waals surface area (Å²) >= 11 is 0. The van der Waals surface area contributed by atoms with Crippen molar-refractivity contribution in [1.82, 2.24) is 20.1 Å². The second-order valence-electron chi connectivity index (χ2n) is 9.30. The summed E-state index contributed by atoms with van der Waals surface area (Å²) in [6.07, 6.45) is 0. The molecule has 0 saturated heterocycles. The van der Waals surface area contributed by atoms with Gasteiger partial charge in [0.1, 0.15) is 11.5 Å². The maximum atomic E-state index is 11.3. The van der Waals surface area contributed by atoms with Crippen LogP contribution in [0.4, 0.5) is 21.2 Å². The van der Waals surface area contributed by atoms with Crippen molar-refractivity contribution in [2.24, 2.45) is 0 Å². The summed E-state index contributed by atoms with van der Waals surface area (Å²) in [6, 6.07) is 3.04. The van der Waals surface area contributed by atoms with Crippen LogP contribution in [0.1, 0.15) is 53.1 Å². The molecule has 0 atom stereocenters. The molecule has 4 amide bonds. The summed E-state index contributed by atoms with van der Waals surface area (Å²) < 4.78 is 10.3. The maximum absolute atomic E-state index is 11.3. The van der Waals surface area contributed by atoms with Crippen LogP contribution in [0.25, 0.3) is 0 Å². The van der Waals surface area contributed by atoms with Gasteiger partial charge in [0.05, 0.1) is 0 Å². The molecular formula is C20H34N6O4. The van der Waals surface area contributed by atoms with Crippen LogP contribution in [0.5, 0.6) is 0 Å². The second-order valence-corrected chi connectivity index (χ2v) is 9.30. The van der Waals surface area contributed by atoms with E-state index >= 15 is 0 Å². The molecule has 2 heterocycles. The lowest BCUT2D eigenvalue weighted by atomic mass is 9.93. The van der Waals surface area contributed by atoms with E-state index in [9.17, 15) is 9.59 Å². The molecule has 0 saturated carbocycles. The van der Waals surface area contributed by atoms with Gasteiger partial charge in [-0.15, -0.1) is 0 Å². The third-order valence-corrected chi connectivity index (χ3v) is 3.78. The van der Waals surface area contributed by atoms with Crippen molar-refractivity contribution < 1.29 is 18.6 Å². The molecule has 2 aromatic rings. The van der Waals surface area contributed by atoms with Crippen molar-refractivity contribution in [2.45, 2.75) is 52.4 Å². The van der Waals surface area contributed by atoms with Gasteiger partial charge in [0, 0.05) is 51.2 Å². The molecule has 0 aliphatic heterocycles. The molecule has 0 unspecified atom stereocenters. The molecule has 2 rings (SSSR count). The van der Waals surface area contributed by atoms with Crippen LogP contribution in [-0.2, 0) is 10.8 Å². The zero-order valence-electron chi connectivity index (χ0n) is 19.6. The summed E-state index contributed by atoms with van der Waals surface area (Å²) in [5.41, 5.74) is -0.206. The highest BCUT2D eigenvalue weighted by Gasteiger charge is 2.21. The Labute approximate surface area is 177 Å². The fourth-order valence-electron chi connectivity index (χ4n) is 1.82. The zero-order chi connectivity index (χ0) is 23.3. The summed E-state index contributed by atoms with van der Waals surface area (Å²) in [6.45, 7) is 12.1. The second kappa shape index (κ2) is 9.64. The molecule has 10 nitrogen and oxygen atoms in total. The van der Waals surface area contributed by atoms with Crippen LogP contribution in [0.3, 0.4) is 0 Å². The average molecular weight is 423 g/mol. The Morgan fingerprint density at radius 3 is 1.23 bits per heavy atom. The van der Waals surface area contributed by atoms with Gasteiger partial charge >= 0.3 is 12.1 Å². The average Bonchev–Trinajstić information content (AvgIpc) is 3.23. The number of rotatable bonds is 2. The number of hydrogen-bond acceptors (Lipinski definition) is 6. The molecule has 30 heavy (non-hydrogen) atoms. The molecule has 0 aliphatic carbocycles. The Balaban J connectivity index is 0.000000300. The SMILES string of the molecule is CN(C)C(=O)Nc1cc(C(C)(C)C)on1.CN(C)C(=O)Nc1cc(C(C)(C)C)on1. The quantitative estimate of drug-likeness (QED) is 0.751. The first-order valence-corrected chi connectivity index (χ1v) is 9.52. The van der Waals surface area contributed by atoms with Gasteiger partial charge in [-0.1, -0.05) is 51.9 Å². The third kappa shape index (κ3) is 7.76. The number of urea groups is 2. The van der Waals surface area contributed by atoms with Crippen LogP contribution in [0.2, 0.25) is 0 Å². The van der Waals surface area contributed by atoms with E-state index in [1.54, 1.807) is 40.3 Å². The number of hydrogen-bond donors (Lipinski definition) is 2. The molecule has 0 spiro atoms. The van der Waals surface area contributed by atoms with E-state index in [-0.39, 0.29) is 22.9 Å². The summed E-state index contributed by atoms with van der Waals surface area (Å²) in [5, 5.41) is 12.8. The minimum atomic E-state index is -0.219. The molecular weight excluding hydrogens is 388 g/mol. The van der Waals surface area contributed by atoms with Gasteiger partial charge in [0.15, 0.2) is 11.6 Å². The van der Waals surface area contributed by atoms with Crippen LogP contribution < -0.4 is 10.6 Å². The number of anilines is 2. The van der Waals surface area contributed by atoms with Gasteiger partial charge < -0.3 is 18.8 Å². The van der Waals surface area contributed by atoms with Crippen molar-refractivity contribution in [3.05, 3.63) is 23.7 Å². The normalized spacial score (nSPS) is 11.3. The van der Waals surface area contributed by atoms with Crippen molar-refractivity contribution in [3.63, 3.8) is 0 Å². The number of carbonyl (C=O) groups excluding carboxylic acids is 2. The highest BCUT2D eigenvalue weighted by molar-refractivity contribution is 5.88. The molecule has 2 aromatic heterocycles. The van der Waals surface area contributed by atoms with Gasteiger partial charge in [0.25, 0.3) is 0 Å². The van der Waals surface area contributed by atoms with Crippen molar-refractivity contribution >= 4 is 23.7 Å². The van der Waals surface area contributed by atoms with Gasteiger partial charge in [0.2, 0.25) is 0 Å². The first-order chi connectivity index (χ1) is 13.6. The topological polar surface area (TPSA) is 117 Å². The molecule has 0 fully saturated rings. The number of aromatic nitrogens is 2. The lowest BCUT2D eigenvalue weighted by Gasteiger charge is -2.12. The van der Waals surface area contributed by atoms with Crippen LogP contribution in [-0.4, -0.2) is 60.4 Å². The molecule has 2 N–H and O–H groups in total. The number of nitrogens with zero attached hydrogens (tertiary/aromatic N) is 4. The summed E-state index contributed by atoms with van der Waals surface area (Å²) in [5.74, 6) is 2.38. The standard InChI is InChI=1S/2C10H17N3O2/c2*1-10(2,3)7-6-8(12-15-7)11-9(14)13(4)5/h2*6H,1-5H3,(H,11,12,14). The van der Waals surface area contributed by atoms with Crippen LogP contribution >= 0.6 is 0 Å². The Hall–Kier alpha value is -3.04. The first kappa shape index (κ1) is 25.0. The summed E-state index contributed by atoms with van der Waals surface area (Å²) in [4.78, 5) is 25.5. The largest absolute Gasteiger partial charge is 0.359 e. The summed E-state index contributed by atoms with van der Waals surface area (Å²) in [7, 11) is 6.67. The van der Waals surface area contributed by atoms with Crippen molar-refractivity contribution in [3.8, 4) is 0 Å². The van der Waals surface area contributed by atoms with Gasteiger partial charge in [-0.25, -0.2) is 9.59 Å². The van der Waals surface area contributed by atoms with E-state index in [4.69, 9.17) is 9.05 Å². The minimum absolute atomic E-state index is 0.103. The van der Waals surface area contributed by atoms with Gasteiger partial charge in [-0.2, -0.15) is 0 Å². The van der Waals surface area contributed by atoms with Crippen molar-refractivity contribution in [1.29, 1.82) is 0 Å². The van der Waals surface area contributed by atoms with E-state index in [0.717, 1.165) is 11.5 Å². The molecule has 0 radical (unpaired) electrons. The predicted octanol–water partition coefficient (Wildman–Crippen LogP) is 4.13. The fraction of sp³-hybridized carbons (Fsp3) is 0.600. The minimum Gasteiger partial charge on any atom is -0.359 e. The molecule has 0 bridgehead atoms. The van der Waals surface area contributed by atoms with Gasteiger partial charge in [-0.3, -0.25) is 10.6 Å². The Morgan fingerprint density at radius 2 is 1.03 bits per heavy atom. The third-order valence-electron chi connectivity index (χ3n) is 3.78. The zero-order valence-corrected chi connectivity index (χ0v) is 19.6. The van der Waals surface area contributed by atoms with E-state index in [1.165, 1.54) is 9.80 Å². The highest BCUT2D eigenvalue weighted by atomic mass is 16.5. The first-order valence-electron chi connectivity index (χ1n) is 9.52. The molecule has 10 heteroatoms. The molecule has 0 aromatic carbocycles. The highest BCUT2D eigenvalue weighted by Crippen LogP contribution is 2.25. The Kier molecular flexibility index (Phi) is 8.03. The maximum Gasteiger partial charge on any atom is 0.322 e. The fourth-order valence-corrected chi connectivity index (χ4v) is 1.82. The van der Waals surface area contributed by atoms with E-state index in [0.29, 0.717) is 11.6 Å². The number of carbonyl (C=O) groups is 2.